The van der Waals surface area contributed by atoms with Gasteiger partial charge >= 0.3 is 0 Å². The second kappa shape index (κ2) is 4.51. The summed E-state index contributed by atoms with van der Waals surface area (Å²) in [7, 11) is -1.23. The lowest BCUT2D eigenvalue weighted by Gasteiger charge is -2.05. The van der Waals surface area contributed by atoms with Gasteiger partial charge in [-0.3, -0.25) is 0 Å². The third-order valence-corrected chi connectivity index (χ3v) is 4.51. The van der Waals surface area contributed by atoms with Gasteiger partial charge in [-0.2, -0.15) is 0 Å². The number of aryl methyl sites for hydroxylation is 1. The molecular weight excluding hydrogens is 316 g/mol. The first-order valence-electron chi connectivity index (χ1n) is 5.30. The van der Waals surface area contributed by atoms with Crippen molar-refractivity contribution in [3.05, 3.63) is 34.7 Å². The van der Waals surface area contributed by atoms with Gasteiger partial charge in [-0.25, -0.2) is 13.4 Å². The number of imidazole rings is 1. The van der Waals surface area contributed by atoms with Gasteiger partial charge in [0, 0.05) is 18.9 Å². The monoisotopic (exact) mass is 328 g/mol. The number of hydrogen-bond donors (Lipinski definition) is 0. The van der Waals surface area contributed by atoms with Crippen LogP contribution in [-0.2, 0) is 16.9 Å². The zero-order valence-corrected chi connectivity index (χ0v) is 12.7. The number of halogens is 1. The van der Waals surface area contributed by atoms with Crippen LogP contribution in [0.2, 0.25) is 0 Å². The summed E-state index contributed by atoms with van der Waals surface area (Å²) in [6.07, 6.45) is 1.20. The molecule has 1 aromatic carbocycles. The number of rotatable bonds is 2. The zero-order chi connectivity index (χ0) is 13.5. The van der Waals surface area contributed by atoms with Crippen LogP contribution in [0.15, 0.2) is 33.8 Å². The van der Waals surface area contributed by atoms with Crippen molar-refractivity contribution >= 4 is 25.8 Å². The second-order valence-electron chi connectivity index (χ2n) is 4.15. The molecule has 2 aromatic rings. The highest BCUT2D eigenvalue weighted by molar-refractivity contribution is 9.10. The van der Waals surface area contributed by atoms with Crippen molar-refractivity contribution in [2.24, 2.45) is 7.05 Å². The molecule has 0 saturated carbocycles. The predicted octanol–water partition coefficient (Wildman–Crippen LogP) is 2.56. The molecule has 0 bridgehead atoms. The Kier molecular flexibility index (Phi) is 3.33. The van der Waals surface area contributed by atoms with E-state index in [0.717, 1.165) is 21.7 Å². The van der Waals surface area contributed by atoms with Gasteiger partial charge in [0.05, 0.1) is 10.6 Å². The molecule has 6 heteroatoms. The highest BCUT2D eigenvalue weighted by Crippen LogP contribution is 2.28. The first-order chi connectivity index (χ1) is 8.30. The van der Waals surface area contributed by atoms with Crippen LogP contribution in [0.1, 0.15) is 5.82 Å². The number of hydrogen-bond acceptors (Lipinski definition) is 3. The SMILES string of the molecule is Cc1nc(Br)c(-c2ccc(S(C)(=O)=O)cc2)n1C. The Morgan fingerprint density at radius 1 is 1.22 bits per heavy atom. The van der Waals surface area contributed by atoms with Gasteiger partial charge in [0.1, 0.15) is 10.4 Å². The zero-order valence-electron chi connectivity index (χ0n) is 10.3. The van der Waals surface area contributed by atoms with Crippen molar-refractivity contribution in [1.29, 1.82) is 0 Å². The van der Waals surface area contributed by atoms with E-state index in [1.54, 1.807) is 24.3 Å². The highest BCUT2D eigenvalue weighted by atomic mass is 79.9. The molecule has 18 heavy (non-hydrogen) atoms. The molecule has 0 radical (unpaired) electrons. The minimum atomic E-state index is -3.15. The van der Waals surface area contributed by atoms with Crippen LogP contribution in [0.4, 0.5) is 0 Å². The molecule has 96 valence electrons. The van der Waals surface area contributed by atoms with Crippen LogP contribution in [0.5, 0.6) is 0 Å². The summed E-state index contributed by atoms with van der Waals surface area (Å²) in [6, 6.07) is 6.80. The quantitative estimate of drug-likeness (QED) is 0.851. The average Bonchev–Trinajstić information content (AvgIpc) is 2.52. The van der Waals surface area contributed by atoms with Crippen molar-refractivity contribution in [2.45, 2.75) is 11.8 Å². The van der Waals surface area contributed by atoms with Crippen LogP contribution >= 0.6 is 15.9 Å². The first-order valence-corrected chi connectivity index (χ1v) is 7.98. The molecule has 0 saturated heterocycles. The fourth-order valence-electron chi connectivity index (χ4n) is 1.74. The van der Waals surface area contributed by atoms with Crippen LogP contribution in [0.3, 0.4) is 0 Å². The topological polar surface area (TPSA) is 52.0 Å². The van der Waals surface area contributed by atoms with E-state index in [9.17, 15) is 8.42 Å². The molecule has 0 amide bonds. The maximum Gasteiger partial charge on any atom is 0.175 e. The van der Waals surface area contributed by atoms with E-state index >= 15 is 0 Å². The number of nitrogens with zero attached hydrogens (tertiary/aromatic N) is 2. The van der Waals surface area contributed by atoms with Crippen molar-refractivity contribution in [1.82, 2.24) is 9.55 Å². The standard InChI is InChI=1S/C12H13BrN2O2S/c1-8-14-12(13)11(15(8)2)9-4-6-10(7-5-9)18(3,16)17/h4-7H,1-3H3. The van der Waals surface area contributed by atoms with Crippen LogP contribution < -0.4 is 0 Å². The Bertz CT molecular complexity index is 688. The Morgan fingerprint density at radius 3 is 2.17 bits per heavy atom. The van der Waals surface area contributed by atoms with E-state index < -0.39 is 9.84 Å². The van der Waals surface area contributed by atoms with Gasteiger partial charge in [-0.05, 0) is 35.0 Å². The fraction of sp³-hybridized carbons (Fsp3) is 0.250. The minimum Gasteiger partial charge on any atom is -0.330 e. The minimum absolute atomic E-state index is 0.321. The van der Waals surface area contributed by atoms with E-state index in [0.29, 0.717) is 4.90 Å². The molecular formula is C12H13BrN2O2S. The molecule has 0 N–H and O–H groups in total. The van der Waals surface area contributed by atoms with Gasteiger partial charge < -0.3 is 4.57 Å². The van der Waals surface area contributed by atoms with Crippen LogP contribution in [0, 0.1) is 6.92 Å². The largest absolute Gasteiger partial charge is 0.330 e. The van der Waals surface area contributed by atoms with Crippen molar-refractivity contribution in [3.63, 3.8) is 0 Å². The average molecular weight is 329 g/mol. The summed E-state index contributed by atoms with van der Waals surface area (Å²) >= 11 is 3.41. The molecule has 0 spiro atoms. The maximum absolute atomic E-state index is 11.4. The molecule has 1 aromatic heterocycles. The lowest BCUT2D eigenvalue weighted by atomic mass is 10.2. The normalized spacial score (nSPS) is 11.8. The summed E-state index contributed by atoms with van der Waals surface area (Å²) in [4.78, 5) is 4.64. The number of benzene rings is 1. The molecule has 1 heterocycles. The summed E-state index contributed by atoms with van der Waals surface area (Å²) < 4.78 is 25.5. The van der Waals surface area contributed by atoms with Crippen LogP contribution in [0.25, 0.3) is 11.3 Å². The molecule has 0 unspecified atom stereocenters. The molecule has 4 nitrogen and oxygen atoms in total. The van der Waals surface area contributed by atoms with E-state index in [1.165, 1.54) is 6.26 Å². The Balaban J connectivity index is 2.53. The van der Waals surface area contributed by atoms with Crippen molar-refractivity contribution in [2.75, 3.05) is 6.26 Å². The third-order valence-electron chi connectivity index (χ3n) is 2.83. The number of sulfone groups is 1. The van der Waals surface area contributed by atoms with E-state index in [4.69, 9.17) is 0 Å². The van der Waals surface area contributed by atoms with Crippen molar-refractivity contribution in [3.8, 4) is 11.3 Å². The van der Waals surface area contributed by atoms with Gasteiger partial charge in [0.15, 0.2) is 9.84 Å². The summed E-state index contributed by atoms with van der Waals surface area (Å²) in [5.74, 6) is 0.893. The summed E-state index contributed by atoms with van der Waals surface area (Å²) in [6.45, 7) is 1.92. The van der Waals surface area contributed by atoms with Crippen molar-refractivity contribution < 1.29 is 8.42 Å². The predicted molar refractivity (Wildman–Crippen MR) is 74.2 cm³/mol. The molecule has 0 fully saturated rings. The van der Waals surface area contributed by atoms with E-state index in [-0.39, 0.29) is 0 Å². The van der Waals surface area contributed by atoms with Gasteiger partial charge in [0.25, 0.3) is 0 Å². The lowest BCUT2D eigenvalue weighted by molar-refractivity contribution is 0.602. The molecule has 0 aliphatic carbocycles. The van der Waals surface area contributed by atoms with Gasteiger partial charge in [0.2, 0.25) is 0 Å². The maximum atomic E-state index is 11.4. The molecule has 0 aliphatic rings. The van der Waals surface area contributed by atoms with E-state index in [1.807, 2.05) is 18.5 Å². The molecule has 2 rings (SSSR count). The summed E-state index contributed by atoms with van der Waals surface area (Å²) in [5, 5.41) is 0. The molecule has 0 atom stereocenters. The van der Waals surface area contributed by atoms with Crippen LogP contribution in [-0.4, -0.2) is 24.2 Å². The highest BCUT2D eigenvalue weighted by Gasteiger charge is 2.13. The smallest absolute Gasteiger partial charge is 0.175 e. The lowest BCUT2D eigenvalue weighted by Crippen LogP contribution is -1.98. The van der Waals surface area contributed by atoms with Gasteiger partial charge in [-0.1, -0.05) is 12.1 Å². The molecule has 0 aliphatic heterocycles. The fourth-order valence-corrected chi connectivity index (χ4v) is 3.12. The second-order valence-corrected chi connectivity index (χ2v) is 6.92. The Morgan fingerprint density at radius 2 is 1.78 bits per heavy atom. The Hall–Kier alpha value is -1.14. The van der Waals surface area contributed by atoms with Gasteiger partial charge in [-0.15, -0.1) is 0 Å². The first kappa shape index (κ1) is 13.3. The summed E-state index contributed by atoms with van der Waals surface area (Å²) in [5.41, 5.74) is 1.87. The Labute approximate surface area is 115 Å². The number of aromatic nitrogens is 2. The van der Waals surface area contributed by atoms with E-state index in [2.05, 4.69) is 20.9 Å². The third kappa shape index (κ3) is 2.35.